The molecule has 0 aromatic heterocycles. The van der Waals surface area contributed by atoms with Crippen molar-refractivity contribution in [2.75, 3.05) is 0 Å². The first-order valence-electron chi connectivity index (χ1n) is 1.39. The van der Waals surface area contributed by atoms with Crippen LogP contribution in [-0.2, 0) is 10.1 Å². The van der Waals surface area contributed by atoms with E-state index in [1.807, 2.05) is 0 Å². The van der Waals surface area contributed by atoms with Crippen molar-refractivity contribution < 1.29 is 21.8 Å². The molecule has 0 aromatic carbocycles. The molecule has 0 heterocycles. The van der Waals surface area contributed by atoms with Gasteiger partial charge in [0, 0.05) is 0 Å². The second-order valence-electron chi connectivity index (χ2n) is 1.04. The lowest BCUT2D eigenvalue weighted by Crippen LogP contribution is -2.37. The fourth-order valence-corrected chi connectivity index (χ4v) is 0. The van der Waals surface area contributed by atoms with Crippen LogP contribution in [0, 0.1) is 0 Å². The average Bonchev–Trinajstić information content (AvgIpc) is 1.25. The summed E-state index contributed by atoms with van der Waals surface area (Å²) in [5.41, 5.74) is 3.64. The minimum absolute atomic E-state index is 3.64. The summed E-state index contributed by atoms with van der Waals surface area (Å²) in [6.45, 7) is 0. The van der Waals surface area contributed by atoms with Crippen LogP contribution in [0.5, 0.6) is 0 Å². The van der Waals surface area contributed by atoms with Gasteiger partial charge in [-0.3, -0.25) is 10.3 Å². The van der Waals surface area contributed by atoms with Crippen LogP contribution in [0.1, 0.15) is 0 Å². The Bertz CT molecular complexity index is 166. The highest BCUT2D eigenvalue weighted by molar-refractivity contribution is 7.86. The molecular formula is CH3F2NO3S. The standard InChI is InChI=1S/CH3F2NO3S/c2-1(3,4)8(5,6)7/h4H2,(H,5,6,7). The van der Waals surface area contributed by atoms with Gasteiger partial charge in [0.2, 0.25) is 0 Å². The van der Waals surface area contributed by atoms with Crippen LogP contribution in [0.4, 0.5) is 8.78 Å². The molecule has 0 rings (SSSR count). The number of alkyl halides is 2. The van der Waals surface area contributed by atoms with Crippen molar-refractivity contribution in [2.24, 2.45) is 5.73 Å². The number of nitrogens with two attached hydrogens (primary N) is 1. The van der Waals surface area contributed by atoms with E-state index < -0.39 is 15.5 Å². The molecule has 0 radical (unpaired) electrons. The maximum absolute atomic E-state index is 11.2. The molecular weight excluding hydrogens is 144 g/mol. The van der Waals surface area contributed by atoms with Crippen LogP contribution in [0.2, 0.25) is 0 Å². The highest BCUT2D eigenvalue weighted by Gasteiger charge is 2.38. The van der Waals surface area contributed by atoms with Crippen molar-refractivity contribution in [3.05, 3.63) is 0 Å². The van der Waals surface area contributed by atoms with E-state index in [4.69, 9.17) is 4.55 Å². The Morgan fingerprint density at radius 3 is 1.62 bits per heavy atom. The summed E-state index contributed by atoms with van der Waals surface area (Å²) in [6, 6.07) is 0. The van der Waals surface area contributed by atoms with E-state index in [0.717, 1.165) is 0 Å². The van der Waals surface area contributed by atoms with Crippen LogP contribution in [-0.4, -0.2) is 18.3 Å². The van der Waals surface area contributed by atoms with Gasteiger partial charge in [0.05, 0.1) is 0 Å². The van der Waals surface area contributed by atoms with Crippen molar-refractivity contribution in [1.29, 1.82) is 0 Å². The van der Waals surface area contributed by atoms with Gasteiger partial charge in [-0.05, 0) is 0 Å². The molecule has 0 spiro atoms. The first-order chi connectivity index (χ1) is 3.25. The Labute approximate surface area is 44.0 Å². The molecule has 0 aromatic rings. The SMILES string of the molecule is NC(F)(F)S(=O)(=O)O. The first kappa shape index (κ1) is 7.73. The summed E-state index contributed by atoms with van der Waals surface area (Å²) >= 11 is 0. The van der Waals surface area contributed by atoms with E-state index in [1.165, 1.54) is 0 Å². The van der Waals surface area contributed by atoms with E-state index >= 15 is 0 Å². The number of rotatable bonds is 1. The van der Waals surface area contributed by atoms with E-state index in [0.29, 0.717) is 0 Å². The molecule has 0 aliphatic carbocycles. The molecule has 0 unspecified atom stereocenters. The minimum Gasteiger partial charge on any atom is -0.280 e. The van der Waals surface area contributed by atoms with Gasteiger partial charge in [-0.1, -0.05) is 0 Å². The Morgan fingerprint density at radius 2 is 1.62 bits per heavy atom. The van der Waals surface area contributed by atoms with Gasteiger partial charge in [-0.25, -0.2) is 0 Å². The van der Waals surface area contributed by atoms with Crippen LogP contribution < -0.4 is 5.73 Å². The Hall–Kier alpha value is -0.270. The Kier molecular flexibility index (Phi) is 1.55. The molecule has 50 valence electrons. The third-order valence-corrected chi connectivity index (χ3v) is 1.03. The van der Waals surface area contributed by atoms with Crippen LogP contribution in [0.15, 0.2) is 0 Å². The molecule has 0 fully saturated rings. The number of halogens is 2. The monoisotopic (exact) mass is 147 g/mol. The van der Waals surface area contributed by atoms with Crippen LogP contribution in [0.25, 0.3) is 0 Å². The number of hydrogen-bond acceptors (Lipinski definition) is 3. The smallest absolute Gasteiger partial charge is 0.280 e. The summed E-state index contributed by atoms with van der Waals surface area (Å²) in [6.07, 6.45) is 0. The van der Waals surface area contributed by atoms with Gasteiger partial charge < -0.3 is 0 Å². The molecule has 0 saturated carbocycles. The molecule has 0 aliphatic rings. The van der Waals surface area contributed by atoms with Crippen molar-refractivity contribution in [2.45, 2.75) is 5.38 Å². The van der Waals surface area contributed by atoms with Crippen LogP contribution in [0.3, 0.4) is 0 Å². The summed E-state index contributed by atoms with van der Waals surface area (Å²) in [4.78, 5) is 0. The normalized spacial score (nSPS) is 14.0. The minimum atomic E-state index is -5.40. The van der Waals surface area contributed by atoms with E-state index in [1.54, 1.807) is 0 Å². The van der Waals surface area contributed by atoms with Gasteiger partial charge in [-0.2, -0.15) is 17.2 Å². The molecule has 0 saturated heterocycles. The Morgan fingerprint density at radius 1 is 1.50 bits per heavy atom. The van der Waals surface area contributed by atoms with E-state index in [2.05, 4.69) is 5.73 Å². The molecule has 0 amide bonds. The van der Waals surface area contributed by atoms with Gasteiger partial charge in [-0.15, -0.1) is 0 Å². The quantitative estimate of drug-likeness (QED) is 0.382. The fraction of sp³-hybridized carbons (Fsp3) is 1.00. The zero-order chi connectivity index (χ0) is 7.00. The van der Waals surface area contributed by atoms with Crippen molar-refractivity contribution >= 4 is 10.1 Å². The predicted molar refractivity (Wildman–Crippen MR) is 20.7 cm³/mol. The highest BCUT2D eigenvalue weighted by atomic mass is 32.2. The van der Waals surface area contributed by atoms with Gasteiger partial charge in [0.1, 0.15) is 0 Å². The predicted octanol–water partition coefficient (Wildman–Crippen LogP) is -0.617. The second kappa shape index (κ2) is 1.61. The fourth-order valence-electron chi connectivity index (χ4n) is 0. The zero-order valence-corrected chi connectivity index (χ0v) is 4.32. The first-order valence-corrected chi connectivity index (χ1v) is 2.83. The maximum Gasteiger partial charge on any atom is 0.426 e. The van der Waals surface area contributed by atoms with E-state index in [-0.39, 0.29) is 0 Å². The summed E-state index contributed by atoms with van der Waals surface area (Å²) < 4.78 is 48.5. The van der Waals surface area contributed by atoms with Crippen LogP contribution >= 0.6 is 0 Å². The second-order valence-corrected chi connectivity index (χ2v) is 2.53. The lowest BCUT2D eigenvalue weighted by atomic mass is 11.3. The van der Waals surface area contributed by atoms with Gasteiger partial charge in [0.25, 0.3) is 0 Å². The Balaban J connectivity index is 4.53. The summed E-state index contributed by atoms with van der Waals surface area (Å²) in [5.74, 6) is 0. The topological polar surface area (TPSA) is 80.4 Å². The largest absolute Gasteiger partial charge is 0.426 e. The third kappa shape index (κ3) is 1.68. The van der Waals surface area contributed by atoms with Crippen molar-refractivity contribution in [3.63, 3.8) is 0 Å². The molecule has 7 heteroatoms. The van der Waals surface area contributed by atoms with Gasteiger partial charge in [0.15, 0.2) is 0 Å². The number of hydrogen-bond donors (Lipinski definition) is 2. The third-order valence-electron chi connectivity index (χ3n) is 0.344. The maximum atomic E-state index is 11.2. The molecule has 0 bridgehead atoms. The summed E-state index contributed by atoms with van der Waals surface area (Å²) in [5, 5.41) is -4.53. The average molecular weight is 147 g/mol. The zero-order valence-electron chi connectivity index (χ0n) is 3.51. The molecule has 0 aliphatic heterocycles. The molecule has 4 nitrogen and oxygen atoms in total. The highest BCUT2D eigenvalue weighted by Crippen LogP contribution is 2.10. The summed E-state index contributed by atoms with van der Waals surface area (Å²) in [7, 11) is -5.40. The van der Waals surface area contributed by atoms with Crippen molar-refractivity contribution in [3.8, 4) is 0 Å². The van der Waals surface area contributed by atoms with Crippen molar-refractivity contribution in [1.82, 2.24) is 0 Å². The molecule has 8 heavy (non-hydrogen) atoms. The van der Waals surface area contributed by atoms with Gasteiger partial charge >= 0.3 is 15.5 Å². The lowest BCUT2D eigenvalue weighted by Gasteiger charge is -2.02. The van der Waals surface area contributed by atoms with E-state index in [9.17, 15) is 17.2 Å². The molecule has 0 atom stereocenters. The molecule has 3 N–H and O–H groups in total. The lowest BCUT2D eigenvalue weighted by molar-refractivity contribution is 0.0884.